The Kier molecular flexibility index (Phi) is 6.84. The molecule has 31 heavy (non-hydrogen) atoms. The number of nitrogens with zero attached hydrogens (tertiary/aromatic N) is 2. The summed E-state index contributed by atoms with van der Waals surface area (Å²) in [4.78, 5) is 59.9. The number of hydrogen-bond donors (Lipinski definition) is 3. The van der Waals surface area contributed by atoms with E-state index in [1.54, 1.807) is 12.1 Å². The number of rotatable bonds is 7. The molecule has 1 saturated heterocycles. The fourth-order valence-electron chi connectivity index (χ4n) is 3.23. The summed E-state index contributed by atoms with van der Waals surface area (Å²) in [5.41, 5.74) is -2.15. The number of thioether (sulfide) groups is 1. The number of carbonyl (C=O) groups is 3. The fraction of sp³-hybridized carbons (Fsp3) is 0.471. The Balaban J connectivity index is 1.84. The van der Waals surface area contributed by atoms with Crippen molar-refractivity contribution in [2.75, 3.05) is 33.6 Å². The lowest BCUT2D eigenvalue weighted by Gasteiger charge is -2.56. The van der Waals surface area contributed by atoms with Crippen LogP contribution in [0, 0.1) is 0 Å². The zero-order chi connectivity index (χ0) is 23.0. The molecule has 2 aliphatic rings. The van der Waals surface area contributed by atoms with Crippen molar-refractivity contribution in [3.63, 3.8) is 0 Å². The maximum atomic E-state index is 13.0. The van der Waals surface area contributed by atoms with Crippen LogP contribution in [-0.4, -0.2) is 82.2 Å². The first-order valence-electron chi connectivity index (χ1n) is 8.97. The maximum absolute atomic E-state index is 13.0. The van der Waals surface area contributed by atoms with Gasteiger partial charge in [-0.2, -0.15) is 0 Å². The molecule has 0 aliphatic carbocycles. The van der Waals surface area contributed by atoms with E-state index in [0.29, 0.717) is 0 Å². The average Bonchev–Trinajstić information content (AvgIpc) is 3.21. The molecular weight excluding hydrogens is 469 g/mol. The average molecular weight is 491 g/mol. The van der Waals surface area contributed by atoms with Crippen LogP contribution in [0.15, 0.2) is 28.5 Å². The van der Waals surface area contributed by atoms with E-state index in [2.05, 4.69) is 5.32 Å². The SMILES string of the molecule is COC1(NC(=O)Cc2cccs2)C(=O)N2C(P(=O)(O)O)=C(COC(=O)N(C)C)CS[C@@H]21. The van der Waals surface area contributed by atoms with Gasteiger partial charge in [-0.15, -0.1) is 23.1 Å². The largest absolute Gasteiger partial charge is 0.445 e. The molecule has 1 fully saturated rings. The summed E-state index contributed by atoms with van der Waals surface area (Å²) in [5, 5.41) is 3.53. The second-order valence-electron chi connectivity index (χ2n) is 7.00. The first-order chi connectivity index (χ1) is 14.5. The molecule has 14 heteroatoms. The van der Waals surface area contributed by atoms with Crippen LogP contribution >= 0.6 is 30.7 Å². The van der Waals surface area contributed by atoms with Crippen LogP contribution < -0.4 is 5.32 Å². The summed E-state index contributed by atoms with van der Waals surface area (Å²) >= 11 is 2.54. The summed E-state index contributed by atoms with van der Waals surface area (Å²) in [6.45, 7) is -0.383. The van der Waals surface area contributed by atoms with Gasteiger partial charge in [0.25, 0.3) is 11.6 Å². The summed E-state index contributed by atoms with van der Waals surface area (Å²) in [6.07, 6.45) is -0.646. The minimum Gasteiger partial charge on any atom is -0.445 e. The van der Waals surface area contributed by atoms with Crippen LogP contribution in [0.25, 0.3) is 0 Å². The van der Waals surface area contributed by atoms with Crippen molar-refractivity contribution in [1.29, 1.82) is 0 Å². The van der Waals surface area contributed by atoms with E-state index < -0.39 is 42.0 Å². The second kappa shape index (κ2) is 8.93. The van der Waals surface area contributed by atoms with Crippen molar-refractivity contribution in [2.24, 2.45) is 0 Å². The second-order valence-corrected chi connectivity index (χ2v) is 10.6. The van der Waals surface area contributed by atoms with Gasteiger partial charge in [0.1, 0.15) is 17.4 Å². The third-order valence-electron chi connectivity index (χ3n) is 4.65. The Hall–Kier alpha value is -1.89. The van der Waals surface area contributed by atoms with Gasteiger partial charge >= 0.3 is 13.7 Å². The molecule has 1 aromatic heterocycles. The van der Waals surface area contributed by atoms with Gasteiger partial charge in [0.15, 0.2) is 0 Å². The van der Waals surface area contributed by atoms with Crippen LogP contribution in [0.3, 0.4) is 0 Å². The van der Waals surface area contributed by atoms with Gasteiger partial charge in [-0.05, 0) is 11.4 Å². The molecular formula is C17H22N3O8PS2. The minimum absolute atomic E-state index is 0.0420. The molecule has 2 atom stereocenters. The molecule has 0 spiro atoms. The van der Waals surface area contributed by atoms with Gasteiger partial charge in [0.2, 0.25) is 5.91 Å². The first-order valence-corrected chi connectivity index (χ1v) is 12.5. The number of thiophene rings is 1. The van der Waals surface area contributed by atoms with Gasteiger partial charge in [-0.3, -0.25) is 19.1 Å². The molecule has 3 rings (SSSR count). The first kappa shape index (κ1) is 23.8. The van der Waals surface area contributed by atoms with E-state index in [4.69, 9.17) is 9.47 Å². The lowest BCUT2D eigenvalue weighted by molar-refractivity contribution is -0.190. The third kappa shape index (κ3) is 4.52. The zero-order valence-electron chi connectivity index (χ0n) is 16.9. The smallest absolute Gasteiger partial charge is 0.409 e. The van der Waals surface area contributed by atoms with Gasteiger partial charge < -0.3 is 29.5 Å². The van der Waals surface area contributed by atoms with Crippen molar-refractivity contribution >= 4 is 48.6 Å². The quantitative estimate of drug-likeness (QED) is 0.286. The third-order valence-corrected chi connectivity index (χ3v) is 7.99. The molecule has 1 aromatic rings. The number of amides is 3. The monoisotopic (exact) mass is 491 g/mol. The van der Waals surface area contributed by atoms with Gasteiger partial charge in [0, 0.05) is 37.4 Å². The van der Waals surface area contributed by atoms with E-state index in [0.717, 1.165) is 21.5 Å². The number of hydrogen-bond acceptors (Lipinski definition) is 8. The molecule has 2 aliphatic heterocycles. The Labute approximate surface area is 186 Å². The number of ether oxygens (including phenoxy) is 2. The Bertz CT molecular complexity index is 961. The number of nitrogens with one attached hydrogen (secondary N) is 1. The number of fused-ring (bicyclic) bond motifs is 1. The minimum atomic E-state index is -4.91. The van der Waals surface area contributed by atoms with Gasteiger partial charge in [-0.1, -0.05) is 6.07 Å². The maximum Gasteiger partial charge on any atom is 0.409 e. The molecule has 0 aromatic carbocycles. The van der Waals surface area contributed by atoms with Crippen molar-refractivity contribution in [3.8, 4) is 0 Å². The molecule has 11 nitrogen and oxygen atoms in total. The van der Waals surface area contributed by atoms with E-state index in [1.165, 1.54) is 37.4 Å². The molecule has 0 saturated carbocycles. The number of methoxy groups -OCH3 is 1. The highest BCUT2D eigenvalue weighted by atomic mass is 32.2. The summed E-state index contributed by atoms with van der Waals surface area (Å²) < 4.78 is 22.6. The standard InChI is InChI=1S/C17H22N3O8PS2/c1-19(2)16(23)28-8-10-9-31-15-17(27-3,14(22)20(15)13(10)29(24,25)26)18-12(21)7-11-5-4-6-30-11/h4-6,15H,7-9H2,1-3H3,(H,18,21)(H2,24,25,26)/t15-,17?/m1/s1. The van der Waals surface area contributed by atoms with E-state index in [-0.39, 0.29) is 24.4 Å². The predicted octanol–water partition coefficient (Wildman–Crippen LogP) is 0.752. The lowest BCUT2D eigenvalue weighted by Crippen LogP contribution is -2.80. The van der Waals surface area contributed by atoms with Crippen molar-refractivity contribution in [2.45, 2.75) is 17.5 Å². The highest BCUT2D eigenvalue weighted by molar-refractivity contribution is 8.00. The molecule has 3 heterocycles. The van der Waals surface area contributed by atoms with E-state index in [1.807, 2.05) is 5.38 Å². The van der Waals surface area contributed by atoms with Crippen LogP contribution in [0.4, 0.5) is 4.79 Å². The fourth-order valence-corrected chi connectivity index (χ4v) is 6.58. The topological polar surface area (TPSA) is 146 Å². The van der Waals surface area contributed by atoms with Gasteiger partial charge in [-0.25, -0.2) is 4.79 Å². The highest BCUT2D eigenvalue weighted by Gasteiger charge is 2.67. The highest BCUT2D eigenvalue weighted by Crippen LogP contribution is 2.58. The van der Waals surface area contributed by atoms with E-state index in [9.17, 15) is 28.7 Å². The summed E-state index contributed by atoms with van der Waals surface area (Å²) in [5.74, 6) is -1.19. The molecule has 0 bridgehead atoms. The Morgan fingerprint density at radius 1 is 1.42 bits per heavy atom. The van der Waals surface area contributed by atoms with Crippen LogP contribution in [-0.2, 0) is 30.0 Å². The lowest BCUT2D eigenvalue weighted by atomic mass is 10.0. The van der Waals surface area contributed by atoms with Crippen LogP contribution in [0.5, 0.6) is 0 Å². The zero-order valence-corrected chi connectivity index (χ0v) is 19.5. The van der Waals surface area contributed by atoms with E-state index >= 15 is 0 Å². The van der Waals surface area contributed by atoms with Crippen LogP contribution in [0.2, 0.25) is 0 Å². The summed E-state index contributed by atoms with van der Waals surface area (Å²) in [6, 6.07) is 3.58. The van der Waals surface area contributed by atoms with Crippen molar-refractivity contribution in [1.82, 2.24) is 15.1 Å². The summed E-state index contributed by atoms with van der Waals surface area (Å²) in [7, 11) is -0.723. The molecule has 3 N–H and O–H groups in total. The Morgan fingerprint density at radius 2 is 2.13 bits per heavy atom. The van der Waals surface area contributed by atoms with Crippen LogP contribution in [0.1, 0.15) is 4.88 Å². The van der Waals surface area contributed by atoms with Gasteiger partial charge in [0.05, 0.1) is 6.42 Å². The molecule has 1 unspecified atom stereocenters. The normalized spacial score (nSPS) is 23.2. The van der Waals surface area contributed by atoms with Crippen molar-refractivity contribution in [3.05, 3.63) is 33.4 Å². The van der Waals surface area contributed by atoms with Crippen molar-refractivity contribution < 1.29 is 38.2 Å². The Morgan fingerprint density at radius 3 is 2.68 bits per heavy atom. The predicted molar refractivity (Wildman–Crippen MR) is 113 cm³/mol. The molecule has 0 radical (unpaired) electrons. The molecule has 3 amide bonds. The molecule has 170 valence electrons. The number of carbonyl (C=O) groups excluding carboxylic acids is 3. The number of β-lactam (4-membered cyclic amide) rings is 1.